The summed E-state index contributed by atoms with van der Waals surface area (Å²) in [6, 6.07) is 63.8. The van der Waals surface area contributed by atoms with Crippen molar-refractivity contribution in [1.29, 1.82) is 0 Å². The average Bonchev–Trinajstić information content (AvgIpc) is 3.22. The van der Waals surface area contributed by atoms with Gasteiger partial charge in [-0.2, -0.15) is 0 Å². The molecule has 0 heterocycles. The SMILES string of the molecule is C1=Cc2cc(-c3cc4c5cc(-c6ccc7ccccc7c6)ccc5c(-c5cc6ccccc6c6ccccc56)cc4c4ccccc34)ccc2CC1. The van der Waals surface area contributed by atoms with Crippen molar-refractivity contribution in [2.24, 2.45) is 0 Å². The highest BCUT2D eigenvalue weighted by Gasteiger charge is 2.18. The maximum absolute atomic E-state index is 2.48. The molecule has 0 atom stereocenters. The Labute approximate surface area is 302 Å². The molecule has 1 aliphatic rings. The molecule has 1 aliphatic carbocycles. The molecule has 242 valence electrons. The van der Waals surface area contributed by atoms with Gasteiger partial charge < -0.3 is 0 Å². The molecule has 0 aromatic heterocycles. The fourth-order valence-corrected chi connectivity index (χ4v) is 8.88. The second-order valence-electron chi connectivity index (χ2n) is 14.4. The third-order valence-corrected chi connectivity index (χ3v) is 11.5. The van der Waals surface area contributed by atoms with Gasteiger partial charge in [-0.05, 0) is 158 Å². The Morgan fingerprint density at radius 2 is 0.865 bits per heavy atom. The van der Waals surface area contributed by atoms with E-state index in [9.17, 15) is 0 Å². The molecular weight excluding hydrogens is 625 g/mol. The molecule has 0 spiro atoms. The van der Waals surface area contributed by atoms with E-state index in [4.69, 9.17) is 0 Å². The minimum Gasteiger partial charge on any atom is -0.0836 e. The molecule has 10 aromatic rings. The van der Waals surface area contributed by atoms with Crippen molar-refractivity contribution >= 4 is 70.7 Å². The first-order valence-electron chi connectivity index (χ1n) is 18.4. The van der Waals surface area contributed by atoms with Crippen LogP contribution >= 0.6 is 0 Å². The van der Waals surface area contributed by atoms with E-state index in [1.165, 1.54) is 109 Å². The minimum atomic E-state index is 1.11. The van der Waals surface area contributed by atoms with E-state index in [1.54, 1.807) is 0 Å². The van der Waals surface area contributed by atoms with Crippen LogP contribution in [0.15, 0.2) is 176 Å². The second kappa shape index (κ2) is 11.5. The summed E-state index contributed by atoms with van der Waals surface area (Å²) >= 11 is 0. The molecule has 0 aliphatic heterocycles. The fourth-order valence-electron chi connectivity index (χ4n) is 8.88. The van der Waals surface area contributed by atoms with Gasteiger partial charge in [-0.25, -0.2) is 0 Å². The topological polar surface area (TPSA) is 0 Å². The minimum absolute atomic E-state index is 1.11. The normalized spacial score (nSPS) is 12.8. The Hall–Kier alpha value is -6.50. The van der Waals surface area contributed by atoms with Crippen molar-refractivity contribution < 1.29 is 0 Å². The van der Waals surface area contributed by atoms with Gasteiger partial charge in [-0.1, -0.05) is 146 Å². The van der Waals surface area contributed by atoms with Gasteiger partial charge in [0.2, 0.25) is 0 Å². The number of benzene rings is 10. The molecule has 11 rings (SSSR count). The molecule has 0 saturated carbocycles. The van der Waals surface area contributed by atoms with Crippen LogP contribution in [0.1, 0.15) is 17.5 Å². The van der Waals surface area contributed by atoms with Crippen LogP contribution in [0, 0.1) is 0 Å². The zero-order valence-corrected chi connectivity index (χ0v) is 28.7. The predicted molar refractivity (Wildman–Crippen MR) is 225 cm³/mol. The lowest BCUT2D eigenvalue weighted by Gasteiger charge is -2.19. The maximum Gasteiger partial charge on any atom is -0.00921 e. The van der Waals surface area contributed by atoms with Crippen LogP contribution in [0.2, 0.25) is 0 Å². The van der Waals surface area contributed by atoms with Crippen molar-refractivity contribution in [1.82, 2.24) is 0 Å². The van der Waals surface area contributed by atoms with Gasteiger partial charge >= 0.3 is 0 Å². The van der Waals surface area contributed by atoms with Crippen LogP contribution < -0.4 is 0 Å². The summed E-state index contributed by atoms with van der Waals surface area (Å²) in [5, 5.41) is 15.3. The third-order valence-electron chi connectivity index (χ3n) is 11.5. The molecule has 0 N–H and O–H groups in total. The van der Waals surface area contributed by atoms with Gasteiger partial charge in [0.1, 0.15) is 0 Å². The van der Waals surface area contributed by atoms with Crippen LogP contribution in [0.4, 0.5) is 0 Å². The lowest BCUT2D eigenvalue weighted by molar-refractivity contribution is 0.986. The van der Waals surface area contributed by atoms with E-state index in [0.717, 1.165) is 12.8 Å². The zero-order chi connectivity index (χ0) is 34.2. The van der Waals surface area contributed by atoms with E-state index < -0.39 is 0 Å². The fraction of sp³-hybridized carbons (Fsp3) is 0.0385. The smallest absolute Gasteiger partial charge is 0.00921 e. The van der Waals surface area contributed by atoms with Crippen molar-refractivity contribution in [2.45, 2.75) is 12.8 Å². The molecule has 0 unspecified atom stereocenters. The summed E-state index contributed by atoms with van der Waals surface area (Å²) in [5.41, 5.74) is 10.3. The highest BCUT2D eigenvalue weighted by Crippen LogP contribution is 2.45. The van der Waals surface area contributed by atoms with Gasteiger partial charge in [-0.15, -0.1) is 0 Å². The lowest BCUT2D eigenvalue weighted by Crippen LogP contribution is -1.95. The number of rotatable bonds is 3. The van der Waals surface area contributed by atoms with Crippen LogP contribution in [0.25, 0.3) is 104 Å². The Bertz CT molecular complexity index is 3120. The van der Waals surface area contributed by atoms with Crippen molar-refractivity contribution in [3.05, 3.63) is 187 Å². The Morgan fingerprint density at radius 1 is 0.308 bits per heavy atom. The van der Waals surface area contributed by atoms with Crippen LogP contribution in [-0.4, -0.2) is 0 Å². The number of hydrogen-bond acceptors (Lipinski definition) is 0. The van der Waals surface area contributed by atoms with Crippen molar-refractivity contribution in [2.75, 3.05) is 0 Å². The lowest BCUT2D eigenvalue weighted by atomic mass is 9.84. The van der Waals surface area contributed by atoms with Gasteiger partial charge in [0.25, 0.3) is 0 Å². The summed E-state index contributed by atoms with van der Waals surface area (Å²) in [6.45, 7) is 0. The molecule has 0 fully saturated rings. The quantitative estimate of drug-likeness (QED) is 0.166. The molecule has 0 bridgehead atoms. The molecule has 0 amide bonds. The predicted octanol–water partition coefficient (Wildman–Crippen LogP) is 14.6. The molecule has 0 heteroatoms. The van der Waals surface area contributed by atoms with E-state index in [0.29, 0.717) is 0 Å². The Balaban J connectivity index is 1.26. The highest BCUT2D eigenvalue weighted by molar-refractivity contribution is 6.26. The highest BCUT2D eigenvalue weighted by atomic mass is 14.2. The van der Waals surface area contributed by atoms with Gasteiger partial charge in [0.15, 0.2) is 0 Å². The summed E-state index contributed by atoms with van der Waals surface area (Å²) in [4.78, 5) is 0. The molecule has 52 heavy (non-hydrogen) atoms. The largest absolute Gasteiger partial charge is 0.0836 e. The number of hydrogen-bond donors (Lipinski definition) is 0. The van der Waals surface area contributed by atoms with Crippen molar-refractivity contribution in [3.8, 4) is 33.4 Å². The monoisotopic (exact) mass is 658 g/mol. The summed E-state index contributed by atoms with van der Waals surface area (Å²) in [7, 11) is 0. The van der Waals surface area contributed by atoms with Crippen LogP contribution in [-0.2, 0) is 6.42 Å². The Kier molecular flexibility index (Phi) is 6.48. The molecular formula is C52H34. The zero-order valence-electron chi connectivity index (χ0n) is 28.7. The standard InChI is InChI=1S/C52H34/c1-3-13-35-27-37(23-21-33(35)11-1)38-25-26-46-48(29-38)52-31-47(40-24-22-34-12-2-4-14-36(34)28-40)43-18-8-10-20-45(43)50(52)32-51(46)49-30-39-15-5-6-16-41(39)42-17-7-9-19-44(42)49/h1,3-11,13-32H,2,12H2. The first kappa shape index (κ1) is 29.3. The van der Waals surface area contributed by atoms with Gasteiger partial charge in [-0.3, -0.25) is 0 Å². The third kappa shape index (κ3) is 4.54. The van der Waals surface area contributed by atoms with E-state index in [2.05, 4.69) is 182 Å². The van der Waals surface area contributed by atoms with Crippen molar-refractivity contribution in [3.63, 3.8) is 0 Å². The molecule has 10 aromatic carbocycles. The van der Waals surface area contributed by atoms with Crippen LogP contribution in [0.3, 0.4) is 0 Å². The van der Waals surface area contributed by atoms with Gasteiger partial charge in [0, 0.05) is 0 Å². The van der Waals surface area contributed by atoms with Crippen LogP contribution in [0.5, 0.6) is 0 Å². The molecule has 0 saturated heterocycles. The molecule has 0 nitrogen and oxygen atoms in total. The number of allylic oxidation sites excluding steroid dienone is 1. The maximum atomic E-state index is 2.48. The number of fused-ring (bicyclic) bond motifs is 10. The average molecular weight is 659 g/mol. The number of aryl methyl sites for hydroxylation is 1. The second-order valence-corrected chi connectivity index (χ2v) is 14.4. The summed E-state index contributed by atoms with van der Waals surface area (Å²) in [6.07, 6.45) is 6.84. The Morgan fingerprint density at radius 3 is 1.71 bits per heavy atom. The van der Waals surface area contributed by atoms with E-state index >= 15 is 0 Å². The van der Waals surface area contributed by atoms with E-state index in [-0.39, 0.29) is 0 Å². The summed E-state index contributed by atoms with van der Waals surface area (Å²) < 4.78 is 0. The first-order valence-corrected chi connectivity index (χ1v) is 18.4. The first-order chi connectivity index (χ1) is 25.8. The molecule has 0 radical (unpaired) electrons. The summed E-state index contributed by atoms with van der Waals surface area (Å²) in [5.74, 6) is 0. The van der Waals surface area contributed by atoms with E-state index in [1.807, 2.05) is 0 Å². The van der Waals surface area contributed by atoms with Gasteiger partial charge in [0.05, 0.1) is 0 Å².